The van der Waals surface area contributed by atoms with Crippen LogP contribution in [-0.2, 0) is 11.2 Å². The van der Waals surface area contributed by atoms with Gasteiger partial charge < -0.3 is 15.5 Å². The van der Waals surface area contributed by atoms with Crippen molar-refractivity contribution < 1.29 is 18.4 Å². The number of hydrogen-bond donors (Lipinski definition) is 2. The molecule has 3 rings (SSSR count). The summed E-state index contributed by atoms with van der Waals surface area (Å²) in [5.41, 5.74) is 1.38. The van der Waals surface area contributed by atoms with Crippen molar-refractivity contribution in [1.29, 1.82) is 0 Å². The van der Waals surface area contributed by atoms with Gasteiger partial charge in [0.15, 0.2) is 0 Å². The summed E-state index contributed by atoms with van der Waals surface area (Å²) in [5, 5.41) is 5.59. The summed E-state index contributed by atoms with van der Waals surface area (Å²) in [6.45, 7) is 3.45. The third kappa shape index (κ3) is 6.02. The first-order valence-electron chi connectivity index (χ1n) is 10.2. The lowest BCUT2D eigenvalue weighted by Crippen LogP contribution is -2.41. The van der Waals surface area contributed by atoms with Gasteiger partial charge in [-0.15, -0.1) is 0 Å². The van der Waals surface area contributed by atoms with Gasteiger partial charge in [0, 0.05) is 25.3 Å². The Morgan fingerprint density at radius 3 is 2.50 bits per heavy atom. The number of carbonyl (C=O) groups excluding carboxylic acids is 2. The maximum absolute atomic E-state index is 13.6. The summed E-state index contributed by atoms with van der Waals surface area (Å²) >= 11 is 0. The minimum atomic E-state index is -0.369. The number of benzene rings is 2. The number of nitrogens with one attached hydrogen (secondary N) is 2. The SMILES string of the molecule is Cc1ccc(NC(=O)N2CCC(CCNC(=O)Cc3ccccc3F)CC2)cc1F. The summed E-state index contributed by atoms with van der Waals surface area (Å²) in [4.78, 5) is 26.1. The molecular weight excluding hydrogens is 388 g/mol. The van der Waals surface area contributed by atoms with Gasteiger partial charge in [-0.25, -0.2) is 13.6 Å². The van der Waals surface area contributed by atoms with Crippen molar-refractivity contribution in [2.45, 2.75) is 32.6 Å². The monoisotopic (exact) mass is 415 g/mol. The van der Waals surface area contributed by atoms with Crippen LogP contribution in [0.1, 0.15) is 30.4 Å². The van der Waals surface area contributed by atoms with Crippen molar-refractivity contribution in [2.75, 3.05) is 25.0 Å². The Morgan fingerprint density at radius 2 is 1.80 bits per heavy atom. The van der Waals surface area contributed by atoms with Crippen LogP contribution in [0.5, 0.6) is 0 Å². The molecule has 1 heterocycles. The van der Waals surface area contributed by atoms with E-state index in [9.17, 15) is 18.4 Å². The van der Waals surface area contributed by atoms with Gasteiger partial charge in [-0.3, -0.25) is 4.79 Å². The fourth-order valence-corrected chi connectivity index (χ4v) is 3.59. The van der Waals surface area contributed by atoms with Gasteiger partial charge in [-0.2, -0.15) is 0 Å². The fourth-order valence-electron chi connectivity index (χ4n) is 3.59. The normalized spacial score (nSPS) is 14.4. The lowest BCUT2D eigenvalue weighted by molar-refractivity contribution is -0.120. The number of carbonyl (C=O) groups is 2. The average Bonchev–Trinajstić information content (AvgIpc) is 2.73. The van der Waals surface area contributed by atoms with Crippen molar-refractivity contribution in [3.8, 4) is 0 Å². The number of likely N-dealkylation sites (tertiary alicyclic amines) is 1. The van der Waals surface area contributed by atoms with Crippen molar-refractivity contribution >= 4 is 17.6 Å². The molecule has 0 aliphatic carbocycles. The summed E-state index contributed by atoms with van der Waals surface area (Å²) in [5.74, 6) is -0.489. The summed E-state index contributed by atoms with van der Waals surface area (Å²) in [6, 6.07) is 10.7. The van der Waals surface area contributed by atoms with Gasteiger partial charge in [-0.05, 0) is 61.4 Å². The van der Waals surface area contributed by atoms with Gasteiger partial charge in [-0.1, -0.05) is 24.3 Å². The molecule has 0 aromatic heterocycles. The molecule has 7 heteroatoms. The van der Waals surface area contributed by atoms with E-state index in [1.807, 2.05) is 0 Å². The molecule has 2 aromatic rings. The number of aryl methyl sites for hydroxylation is 1. The van der Waals surface area contributed by atoms with Crippen LogP contribution in [0.15, 0.2) is 42.5 Å². The highest BCUT2D eigenvalue weighted by Gasteiger charge is 2.23. The van der Waals surface area contributed by atoms with Crippen molar-refractivity contribution in [1.82, 2.24) is 10.2 Å². The van der Waals surface area contributed by atoms with E-state index in [-0.39, 0.29) is 30.0 Å². The topological polar surface area (TPSA) is 61.4 Å². The standard InChI is InChI=1S/C23H27F2N3O2/c1-16-6-7-19(15-21(16)25)27-23(30)28-12-9-17(10-13-28)8-11-26-22(29)14-18-4-2-3-5-20(18)24/h2-7,15,17H,8-14H2,1H3,(H,26,29)(H,27,30). The lowest BCUT2D eigenvalue weighted by Gasteiger charge is -2.32. The Kier molecular flexibility index (Phi) is 7.38. The Hall–Kier alpha value is -2.96. The van der Waals surface area contributed by atoms with E-state index in [0.29, 0.717) is 42.4 Å². The molecule has 2 N–H and O–H groups in total. The number of anilines is 1. The Balaban J connectivity index is 1.36. The Morgan fingerprint density at radius 1 is 1.07 bits per heavy atom. The van der Waals surface area contributed by atoms with Crippen LogP contribution in [0.4, 0.5) is 19.3 Å². The van der Waals surface area contributed by atoms with Crippen molar-refractivity contribution in [3.05, 3.63) is 65.2 Å². The van der Waals surface area contributed by atoms with Crippen LogP contribution < -0.4 is 10.6 Å². The number of urea groups is 1. The predicted octanol–water partition coefficient (Wildman–Crippen LogP) is 4.27. The predicted molar refractivity (Wildman–Crippen MR) is 112 cm³/mol. The van der Waals surface area contributed by atoms with E-state index >= 15 is 0 Å². The van der Waals surface area contributed by atoms with Crippen LogP contribution in [-0.4, -0.2) is 36.5 Å². The van der Waals surface area contributed by atoms with E-state index in [1.165, 1.54) is 12.1 Å². The first-order chi connectivity index (χ1) is 14.4. The molecule has 30 heavy (non-hydrogen) atoms. The minimum absolute atomic E-state index is 0.0326. The molecule has 1 fully saturated rings. The van der Waals surface area contributed by atoms with Gasteiger partial charge >= 0.3 is 6.03 Å². The number of piperidine rings is 1. The van der Waals surface area contributed by atoms with Crippen LogP contribution in [0, 0.1) is 24.5 Å². The molecule has 1 aliphatic heterocycles. The second-order valence-electron chi connectivity index (χ2n) is 7.73. The number of hydrogen-bond acceptors (Lipinski definition) is 2. The highest BCUT2D eigenvalue weighted by molar-refractivity contribution is 5.89. The largest absolute Gasteiger partial charge is 0.356 e. The maximum atomic E-state index is 13.6. The number of amides is 3. The molecule has 0 unspecified atom stereocenters. The van der Waals surface area contributed by atoms with Gasteiger partial charge in [0.2, 0.25) is 5.91 Å². The van der Waals surface area contributed by atoms with Crippen molar-refractivity contribution in [3.63, 3.8) is 0 Å². The molecule has 160 valence electrons. The zero-order valence-electron chi connectivity index (χ0n) is 17.1. The number of halogens is 2. The second-order valence-corrected chi connectivity index (χ2v) is 7.73. The zero-order chi connectivity index (χ0) is 21.5. The van der Waals surface area contributed by atoms with E-state index in [0.717, 1.165) is 19.3 Å². The summed E-state index contributed by atoms with van der Waals surface area (Å²) < 4.78 is 27.2. The molecule has 0 spiro atoms. The molecule has 3 amide bonds. The second kappa shape index (κ2) is 10.2. The number of nitrogens with zero attached hydrogens (tertiary/aromatic N) is 1. The lowest BCUT2D eigenvalue weighted by atomic mass is 9.93. The zero-order valence-corrected chi connectivity index (χ0v) is 17.1. The van der Waals surface area contributed by atoms with Crippen LogP contribution in [0.2, 0.25) is 0 Å². The highest BCUT2D eigenvalue weighted by atomic mass is 19.1. The Labute approximate surface area is 175 Å². The van der Waals surface area contributed by atoms with Crippen molar-refractivity contribution in [2.24, 2.45) is 5.92 Å². The van der Waals surface area contributed by atoms with E-state index in [4.69, 9.17) is 0 Å². The molecule has 0 atom stereocenters. The van der Waals surface area contributed by atoms with Gasteiger partial charge in [0.05, 0.1) is 6.42 Å². The van der Waals surface area contributed by atoms with E-state index in [1.54, 1.807) is 42.2 Å². The van der Waals surface area contributed by atoms with Gasteiger partial charge in [0.1, 0.15) is 11.6 Å². The minimum Gasteiger partial charge on any atom is -0.356 e. The fraction of sp³-hybridized carbons (Fsp3) is 0.391. The van der Waals surface area contributed by atoms with Crippen LogP contribution in [0.3, 0.4) is 0 Å². The molecular formula is C23H27F2N3O2. The third-order valence-corrected chi connectivity index (χ3v) is 5.51. The summed E-state index contributed by atoms with van der Waals surface area (Å²) in [7, 11) is 0. The Bertz CT molecular complexity index is 896. The number of rotatable bonds is 6. The van der Waals surface area contributed by atoms with Gasteiger partial charge in [0.25, 0.3) is 0 Å². The first-order valence-corrected chi connectivity index (χ1v) is 10.2. The summed E-state index contributed by atoms with van der Waals surface area (Å²) in [6.07, 6.45) is 2.55. The molecule has 0 bridgehead atoms. The van der Waals surface area contributed by atoms with Crippen LogP contribution in [0.25, 0.3) is 0 Å². The molecule has 1 aliphatic rings. The van der Waals surface area contributed by atoms with E-state index < -0.39 is 0 Å². The molecule has 0 radical (unpaired) electrons. The molecule has 5 nitrogen and oxygen atoms in total. The quantitative estimate of drug-likeness (QED) is 0.740. The molecule has 2 aromatic carbocycles. The van der Waals surface area contributed by atoms with E-state index in [2.05, 4.69) is 10.6 Å². The van der Waals surface area contributed by atoms with Crippen LogP contribution >= 0.6 is 0 Å². The first kappa shape index (κ1) is 21.7. The smallest absolute Gasteiger partial charge is 0.321 e. The molecule has 0 saturated carbocycles. The molecule has 1 saturated heterocycles. The third-order valence-electron chi connectivity index (χ3n) is 5.51. The highest BCUT2D eigenvalue weighted by Crippen LogP contribution is 2.21. The maximum Gasteiger partial charge on any atom is 0.321 e. The average molecular weight is 415 g/mol.